The van der Waals surface area contributed by atoms with Gasteiger partial charge in [0.25, 0.3) is 11.7 Å². The van der Waals surface area contributed by atoms with Crippen LogP contribution in [0.3, 0.4) is 0 Å². The minimum Gasteiger partial charge on any atom is -0.497 e. The molecule has 10 heteroatoms. The van der Waals surface area contributed by atoms with Gasteiger partial charge in [-0.1, -0.05) is 5.16 Å². The van der Waals surface area contributed by atoms with Crippen LogP contribution in [0.1, 0.15) is 34.4 Å². The first-order valence-electron chi connectivity index (χ1n) is 7.36. The third-order valence-corrected chi connectivity index (χ3v) is 3.72. The monoisotopic (exact) mass is 345 g/mol. The number of amides is 3. The number of aromatic nitrogens is 2. The van der Waals surface area contributed by atoms with Gasteiger partial charge in [0.05, 0.1) is 19.6 Å². The summed E-state index contributed by atoms with van der Waals surface area (Å²) >= 11 is 0. The summed E-state index contributed by atoms with van der Waals surface area (Å²) in [6, 6.07) is 5.09. The van der Waals surface area contributed by atoms with Crippen LogP contribution in [0.4, 0.5) is 5.69 Å². The van der Waals surface area contributed by atoms with E-state index >= 15 is 0 Å². The molecular formula is C15H15N5O5. The van der Waals surface area contributed by atoms with E-state index in [1.165, 1.54) is 7.11 Å². The Morgan fingerprint density at radius 3 is 2.96 bits per heavy atom. The maximum Gasteiger partial charge on any atom is 0.290 e. The van der Waals surface area contributed by atoms with Crippen LogP contribution in [-0.2, 0) is 16.1 Å². The Bertz CT molecular complexity index is 847. The maximum atomic E-state index is 12.5. The Morgan fingerprint density at radius 1 is 1.48 bits per heavy atom. The van der Waals surface area contributed by atoms with Gasteiger partial charge in [0.15, 0.2) is 0 Å². The summed E-state index contributed by atoms with van der Waals surface area (Å²) < 4.78 is 9.98. The highest BCUT2D eigenvalue weighted by molar-refractivity contribution is 6.01. The van der Waals surface area contributed by atoms with Gasteiger partial charge in [0, 0.05) is 12.1 Å². The Morgan fingerprint density at radius 2 is 2.28 bits per heavy atom. The van der Waals surface area contributed by atoms with Crippen LogP contribution in [0.15, 0.2) is 22.7 Å². The number of nitrogens with one attached hydrogen (secondary N) is 2. The van der Waals surface area contributed by atoms with Gasteiger partial charge in [-0.25, -0.2) is 0 Å². The number of hydrogen-bond donors (Lipinski definition) is 3. The van der Waals surface area contributed by atoms with Gasteiger partial charge in [-0.3, -0.25) is 14.4 Å². The molecule has 130 valence electrons. The minimum atomic E-state index is -0.827. The van der Waals surface area contributed by atoms with Crippen LogP contribution in [0.5, 0.6) is 5.75 Å². The zero-order chi connectivity index (χ0) is 18.0. The molecule has 1 aromatic heterocycles. The summed E-state index contributed by atoms with van der Waals surface area (Å²) in [5.41, 5.74) is 6.24. The van der Waals surface area contributed by atoms with Crippen molar-refractivity contribution >= 4 is 23.4 Å². The molecule has 0 saturated heterocycles. The summed E-state index contributed by atoms with van der Waals surface area (Å²) in [5.74, 6) is -1.81. The molecule has 0 bridgehead atoms. The number of hydrogen-bond acceptors (Lipinski definition) is 7. The smallest absolute Gasteiger partial charge is 0.290 e. The largest absolute Gasteiger partial charge is 0.497 e. The predicted molar refractivity (Wildman–Crippen MR) is 83.6 cm³/mol. The summed E-state index contributed by atoms with van der Waals surface area (Å²) in [4.78, 5) is 39.0. The van der Waals surface area contributed by atoms with Gasteiger partial charge in [-0.2, -0.15) is 4.98 Å². The van der Waals surface area contributed by atoms with Crippen LogP contribution in [0.25, 0.3) is 0 Å². The molecule has 1 aliphatic rings. The van der Waals surface area contributed by atoms with Crippen LogP contribution >= 0.6 is 0 Å². The van der Waals surface area contributed by atoms with Crippen molar-refractivity contribution in [3.63, 3.8) is 0 Å². The molecule has 1 atom stereocenters. The fraction of sp³-hybridized carbons (Fsp3) is 0.267. The fourth-order valence-corrected chi connectivity index (χ4v) is 2.51. The van der Waals surface area contributed by atoms with Gasteiger partial charge < -0.3 is 25.6 Å². The average molecular weight is 345 g/mol. The maximum absolute atomic E-state index is 12.5. The van der Waals surface area contributed by atoms with E-state index < -0.39 is 11.8 Å². The molecule has 0 radical (unpaired) electrons. The Hall–Kier alpha value is -3.43. The molecule has 4 N–H and O–H groups in total. The minimum absolute atomic E-state index is 0.00235. The summed E-state index contributed by atoms with van der Waals surface area (Å²) in [6.45, 7) is -0.0868. The lowest BCUT2D eigenvalue weighted by Crippen LogP contribution is -2.34. The van der Waals surface area contributed by atoms with Crippen molar-refractivity contribution in [1.29, 1.82) is 0 Å². The summed E-state index contributed by atoms with van der Waals surface area (Å²) in [6.07, 6.45) is 0.00235. The fourth-order valence-electron chi connectivity index (χ4n) is 2.51. The Kier molecular flexibility index (Phi) is 4.33. The first kappa shape index (κ1) is 16.4. The lowest BCUT2D eigenvalue weighted by Gasteiger charge is -2.25. The van der Waals surface area contributed by atoms with Crippen molar-refractivity contribution in [2.75, 3.05) is 12.4 Å². The third-order valence-electron chi connectivity index (χ3n) is 3.72. The van der Waals surface area contributed by atoms with Crippen molar-refractivity contribution in [2.45, 2.75) is 18.9 Å². The molecule has 0 fully saturated rings. The van der Waals surface area contributed by atoms with Crippen molar-refractivity contribution in [3.05, 3.63) is 35.5 Å². The Labute approximate surface area is 141 Å². The van der Waals surface area contributed by atoms with Crippen LogP contribution in [0, 0.1) is 0 Å². The molecule has 0 unspecified atom stereocenters. The van der Waals surface area contributed by atoms with E-state index in [2.05, 4.69) is 20.8 Å². The molecule has 1 aliphatic heterocycles. The normalized spacial score (nSPS) is 15.9. The molecule has 0 aliphatic carbocycles. The first-order chi connectivity index (χ1) is 12.0. The molecule has 0 spiro atoms. The van der Waals surface area contributed by atoms with E-state index in [-0.39, 0.29) is 36.5 Å². The van der Waals surface area contributed by atoms with E-state index in [0.717, 1.165) is 0 Å². The number of methoxy groups -OCH3 is 1. The van der Waals surface area contributed by atoms with Crippen LogP contribution in [0.2, 0.25) is 0 Å². The standard InChI is InChI=1S/C15H15N5O5/c1-24-7-2-3-10-8(4-7)9(5-11(21)18-10)15(23)17-6-12-19-14(13(16)22)20-25-12/h2-4,9H,5-6H2,1H3,(H2,16,22)(H,17,23)(H,18,21)/t9-/m1/s1. The zero-order valence-corrected chi connectivity index (χ0v) is 13.2. The van der Waals surface area contributed by atoms with E-state index in [0.29, 0.717) is 17.0 Å². The zero-order valence-electron chi connectivity index (χ0n) is 13.2. The molecular weight excluding hydrogens is 330 g/mol. The second kappa shape index (κ2) is 6.59. The van der Waals surface area contributed by atoms with E-state index in [1.807, 2.05) is 0 Å². The second-order valence-electron chi connectivity index (χ2n) is 5.35. The van der Waals surface area contributed by atoms with Crippen LogP contribution < -0.4 is 21.1 Å². The summed E-state index contributed by atoms with van der Waals surface area (Å²) in [5, 5.41) is 8.71. The average Bonchev–Trinajstić information content (AvgIpc) is 3.08. The summed E-state index contributed by atoms with van der Waals surface area (Å²) in [7, 11) is 1.52. The van der Waals surface area contributed by atoms with Crippen molar-refractivity contribution in [3.8, 4) is 5.75 Å². The number of anilines is 1. The van der Waals surface area contributed by atoms with Gasteiger partial charge in [0.1, 0.15) is 5.75 Å². The molecule has 3 rings (SSSR count). The van der Waals surface area contributed by atoms with Gasteiger partial charge >= 0.3 is 0 Å². The molecule has 0 saturated carbocycles. The molecule has 1 aromatic carbocycles. The van der Waals surface area contributed by atoms with Gasteiger partial charge in [0.2, 0.25) is 17.7 Å². The van der Waals surface area contributed by atoms with Gasteiger partial charge in [-0.15, -0.1) is 0 Å². The molecule has 2 heterocycles. The highest BCUT2D eigenvalue weighted by Crippen LogP contribution is 2.35. The van der Waals surface area contributed by atoms with E-state index in [4.69, 9.17) is 15.0 Å². The van der Waals surface area contributed by atoms with E-state index in [9.17, 15) is 14.4 Å². The quantitative estimate of drug-likeness (QED) is 0.686. The number of nitrogens with two attached hydrogens (primary N) is 1. The number of carbonyl (C=O) groups is 3. The lowest BCUT2D eigenvalue weighted by atomic mass is 9.89. The van der Waals surface area contributed by atoms with Gasteiger partial charge in [-0.05, 0) is 23.8 Å². The van der Waals surface area contributed by atoms with Crippen molar-refractivity contribution < 1.29 is 23.6 Å². The van der Waals surface area contributed by atoms with Crippen molar-refractivity contribution in [2.24, 2.45) is 5.73 Å². The highest BCUT2D eigenvalue weighted by Gasteiger charge is 2.31. The number of benzene rings is 1. The number of fused-ring (bicyclic) bond motifs is 1. The van der Waals surface area contributed by atoms with E-state index in [1.54, 1.807) is 18.2 Å². The predicted octanol–water partition coefficient (Wildman–Crippen LogP) is -0.0807. The molecule has 3 amide bonds. The first-order valence-corrected chi connectivity index (χ1v) is 7.36. The topological polar surface area (TPSA) is 149 Å². The highest BCUT2D eigenvalue weighted by atomic mass is 16.5. The SMILES string of the molecule is COc1ccc2c(c1)[C@H](C(=O)NCc1nc(C(N)=O)no1)CC(=O)N2. The lowest BCUT2D eigenvalue weighted by molar-refractivity contribution is -0.126. The number of rotatable bonds is 5. The number of nitrogens with zero attached hydrogens (tertiary/aromatic N) is 2. The van der Waals surface area contributed by atoms with Crippen molar-refractivity contribution in [1.82, 2.24) is 15.5 Å². The second-order valence-corrected chi connectivity index (χ2v) is 5.35. The van der Waals surface area contributed by atoms with Crippen LogP contribution in [-0.4, -0.2) is 35.0 Å². The molecule has 10 nitrogen and oxygen atoms in total. The number of ether oxygens (including phenoxy) is 1. The molecule has 25 heavy (non-hydrogen) atoms. The molecule has 2 aromatic rings. The Balaban J connectivity index is 1.75. The third kappa shape index (κ3) is 3.42. The number of carbonyl (C=O) groups excluding carboxylic acids is 3. The number of primary amides is 1.